The summed E-state index contributed by atoms with van der Waals surface area (Å²) >= 11 is 0. The fourth-order valence-electron chi connectivity index (χ4n) is 4.89. The third kappa shape index (κ3) is 10.0. The van der Waals surface area contributed by atoms with E-state index in [1.54, 1.807) is 30.3 Å². The van der Waals surface area contributed by atoms with Gasteiger partial charge in [-0.2, -0.15) is 0 Å². The number of carboxylic acids is 1. The van der Waals surface area contributed by atoms with E-state index in [1.807, 2.05) is 0 Å². The molecule has 5 amide bonds. The van der Waals surface area contributed by atoms with Gasteiger partial charge in [-0.05, 0) is 18.4 Å². The average molecular weight is 617 g/mol. The Labute approximate surface area is 254 Å². The van der Waals surface area contributed by atoms with Gasteiger partial charge in [0.15, 0.2) is 0 Å². The number of ether oxygens (including phenoxy) is 1. The molecule has 0 aliphatic carbocycles. The van der Waals surface area contributed by atoms with Crippen LogP contribution < -0.4 is 37.6 Å². The molecule has 1 spiro atoms. The molecule has 44 heavy (non-hydrogen) atoms. The maximum absolute atomic E-state index is 13.9. The van der Waals surface area contributed by atoms with Crippen molar-refractivity contribution in [2.75, 3.05) is 32.8 Å². The van der Waals surface area contributed by atoms with Crippen LogP contribution in [0.25, 0.3) is 0 Å². The van der Waals surface area contributed by atoms with Crippen LogP contribution in [0.1, 0.15) is 37.7 Å². The summed E-state index contributed by atoms with van der Waals surface area (Å²) in [5, 5.41) is 32.6. The lowest BCUT2D eigenvalue weighted by Crippen LogP contribution is -2.66. The van der Waals surface area contributed by atoms with E-state index >= 15 is 0 Å². The highest BCUT2D eigenvalue weighted by Crippen LogP contribution is 2.22. The summed E-state index contributed by atoms with van der Waals surface area (Å²) in [5.41, 5.74) is 4.62. The van der Waals surface area contributed by atoms with Gasteiger partial charge in [0, 0.05) is 39.0 Å². The fraction of sp³-hybridized carbons (Fsp3) is 0.536. The Hall–Kier alpha value is -4.57. The first-order chi connectivity index (χ1) is 21.0. The van der Waals surface area contributed by atoms with Crippen LogP contribution in [0.4, 0.5) is 0 Å². The number of aliphatic carboxylic acids is 1. The number of carbonyl (C=O) groups is 6. The minimum Gasteiger partial charge on any atom is -0.481 e. The van der Waals surface area contributed by atoms with Crippen molar-refractivity contribution in [3.63, 3.8) is 0 Å². The summed E-state index contributed by atoms with van der Waals surface area (Å²) in [6.07, 6.45) is -0.145. The highest BCUT2D eigenvalue weighted by atomic mass is 16.5. The van der Waals surface area contributed by atoms with Crippen molar-refractivity contribution in [3.05, 3.63) is 35.9 Å². The number of amides is 5. The zero-order valence-corrected chi connectivity index (χ0v) is 24.3. The Kier molecular flexibility index (Phi) is 12.6. The van der Waals surface area contributed by atoms with Crippen molar-refractivity contribution in [3.8, 4) is 0 Å². The maximum Gasteiger partial charge on any atom is 0.305 e. The Morgan fingerprint density at radius 3 is 2.34 bits per heavy atom. The van der Waals surface area contributed by atoms with E-state index in [4.69, 9.17) is 15.9 Å². The van der Waals surface area contributed by atoms with Crippen molar-refractivity contribution in [1.29, 1.82) is 5.41 Å². The van der Waals surface area contributed by atoms with Gasteiger partial charge in [0.05, 0.1) is 19.5 Å². The SMILES string of the molecule is N=C(CN)NCCC[C@@H]1NC(=O)CNC(=O)[C@H](CC(=O)O)NC(=O)[C@@H](Cc2ccccc2)NC(=O)C2(CCOCC2)NC1=O. The number of benzene rings is 1. The van der Waals surface area contributed by atoms with Crippen LogP contribution in [-0.2, 0) is 39.9 Å². The van der Waals surface area contributed by atoms with E-state index in [9.17, 15) is 33.9 Å². The molecule has 2 heterocycles. The van der Waals surface area contributed by atoms with Gasteiger partial charge >= 0.3 is 5.97 Å². The van der Waals surface area contributed by atoms with Gasteiger partial charge in [0.2, 0.25) is 29.5 Å². The summed E-state index contributed by atoms with van der Waals surface area (Å²) < 4.78 is 5.45. The minimum atomic E-state index is -1.55. The zero-order chi connectivity index (χ0) is 32.1. The standard InChI is InChI=1S/C28H40N8O8/c29-15-21(30)31-10-4-7-18-26(42)36-28(8-11-44-12-9-28)27(43)35-19(13-17-5-2-1-3-6-17)25(41)34-20(14-23(38)39)24(40)32-16-22(37)33-18/h1-3,5-6,18-20H,4,7-16,29H2,(H2,30,31)(H,32,40)(H,33,37)(H,34,41)(H,35,43)(H,36,42)(H,38,39)/t18-,19+,20-/m0/s1. The molecule has 2 aliphatic rings. The average Bonchev–Trinajstić information content (AvgIpc) is 3.00. The molecule has 240 valence electrons. The third-order valence-corrected chi connectivity index (χ3v) is 7.35. The molecular formula is C28H40N8O8. The third-order valence-electron chi connectivity index (χ3n) is 7.35. The molecule has 2 fully saturated rings. The zero-order valence-electron chi connectivity index (χ0n) is 24.3. The van der Waals surface area contributed by atoms with Crippen LogP contribution in [0.15, 0.2) is 30.3 Å². The molecule has 0 unspecified atom stereocenters. The molecule has 0 aromatic heterocycles. The minimum absolute atomic E-state index is 0.00551. The molecule has 2 saturated heterocycles. The summed E-state index contributed by atoms with van der Waals surface area (Å²) in [6, 6.07) is 4.85. The van der Waals surface area contributed by atoms with E-state index in [-0.39, 0.29) is 57.8 Å². The summed E-state index contributed by atoms with van der Waals surface area (Å²) in [7, 11) is 0. The van der Waals surface area contributed by atoms with Crippen molar-refractivity contribution in [2.24, 2.45) is 5.73 Å². The lowest BCUT2D eigenvalue weighted by atomic mass is 9.87. The van der Waals surface area contributed by atoms with Gasteiger partial charge < -0.3 is 47.5 Å². The fourth-order valence-corrected chi connectivity index (χ4v) is 4.89. The lowest BCUT2D eigenvalue weighted by Gasteiger charge is -2.38. The molecule has 3 rings (SSSR count). The number of amidine groups is 1. The van der Waals surface area contributed by atoms with Gasteiger partial charge in [0.25, 0.3) is 0 Å². The summed E-state index contributed by atoms with van der Waals surface area (Å²) in [5.74, 6) is -5.08. The van der Waals surface area contributed by atoms with Crippen LogP contribution in [0, 0.1) is 5.41 Å². The van der Waals surface area contributed by atoms with Crippen molar-refractivity contribution in [2.45, 2.75) is 62.2 Å². The van der Waals surface area contributed by atoms with Gasteiger partial charge in [-0.25, -0.2) is 0 Å². The number of hydrogen-bond acceptors (Lipinski definition) is 9. The predicted octanol–water partition coefficient (Wildman–Crippen LogP) is -2.74. The highest BCUT2D eigenvalue weighted by molar-refractivity contribution is 5.99. The number of hydrogen-bond donors (Lipinski definition) is 9. The van der Waals surface area contributed by atoms with E-state index in [0.29, 0.717) is 12.0 Å². The van der Waals surface area contributed by atoms with Gasteiger partial charge in [-0.1, -0.05) is 30.3 Å². The van der Waals surface area contributed by atoms with Gasteiger partial charge in [-0.3, -0.25) is 34.2 Å². The number of carboxylic acid groups (broad SMARTS) is 1. The molecular weight excluding hydrogens is 576 g/mol. The first kappa shape index (κ1) is 33.9. The van der Waals surface area contributed by atoms with Crippen molar-refractivity contribution >= 4 is 41.3 Å². The second kappa shape index (κ2) is 16.3. The first-order valence-electron chi connectivity index (χ1n) is 14.4. The Morgan fingerprint density at radius 2 is 1.68 bits per heavy atom. The van der Waals surface area contributed by atoms with Gasteiger partial charge in [-0.15, -0.1) is 0 Å². The quantitative estimate of drug-likeness (QED) is 0.0786. The predicted molar refractivity (Wildman–Crippen MR) is 156 cm³/mol. The molecule has 16 nitrogen and oxygen atoms in total. The number of nitrogens with one attached hydrogen (secondary N) is 7. The normalized spacial score (nSPS) is 23.1. The molecule has 1 aromatic rings. The summed E-state index contributed by atoms with van der Waals surface area (Å²) in [6.45, 7) is -0.0213. The van der Waals surface area contributed by atoms with Crippen LogP contribution in [0.2, 0.25) is 0 Å². The highest BCUT2D eigenvalue weighted by Gasteiger charge is 2.44. The van der Waals surface area contributed by atoms with E-state index in [2.05, 4.69) is 31.9 Å². The number of carbonyl (C=O) groups excluding carboxylic acids is 5. The van der Waals surface area contributed by atoms with Crippen molar-refractivity contribution in [1.82, 2.24) is 31.9 Å². The Balaban J connectivity index is 1.95. The molecule has 16 heteroatoms. The molecule has 2 aliphatic heterocycles. The van der Waals surface area contributed by atoms with Crippen LogP contribution in [0.5, 0.6) is 0 Å². The van der Waals surface area contributed by atoms with Crippen LogP contribution in [-0.4, -0.2) is 103 Å². The van der Waals surface area contributed by atoms with E-state index in [1.165, 1.54) is 0 Å². The number of rotatable bonds is 9. The molecule has 10 N–H and O–H groups in total. The first-order valence-corrected chi connectivity index (χ1v) is 14.4. The smallest absolute Gasteiger partial charge is 0.305 e. The topological polar surface area (TPSA) is 254 Å². The Bertz CT molecular complexity index is 1220. The Morgan fingerprint density at radius 1 is 0.977 bits per heavy atom. The summed E-state index contributed by atoms with van der Waals surface area (Å²) in [4.78, 5) is 78.3. The van der Waals surface area contributed by atoms with E-state index in [0.717, 1.165) is 0 Å². The number of nitrogens with two attached hydrogens (primary N) is 1. The molecule has 1 aromatic carbocycles. The van der Waals surface area contributed by atoms with Crippen LogP contribution >= 0.6 is 0 Å². The molecule has 3 atom stereocenters. The van der Waals surface area contributed by atoms with Gasteiger partial charge in [0.1, 0.15) is 29.5 Å². The second-order valence-electron chi connectivity index (χ2n) is 10.6. The van der Waals surface area contributed by atoms with Crippen LogP contribution in [0.3, 0.4) is 0 Å². The molecule has 0 bridgehead atoms. The van der Waals surface area contributed by atoms with E-state index < -0.39 is 72.1 Å². The second-order valence-corrected chi connectivity index (χ2v) is 10.6. The maximum atomic E-state index is 13.9. The largest absolute Gasteiger partial charge is 0.481 e. The molecule has 0 saturated carbocycles. The monoisotopic (exact) mass is 616 g/mol. The molecule has 0 radical (unpaired) electrons. The lowest BCUT2D eigenvalue weighted by molar-refractivity contribution is -0.142. The van der Waals surface area contributed by atoms with Crippen molar-refractivity contribution < 1.29 is 38.6 Å².